The summed E-state index contributed by atoms with van der Waals surface area (Å²) in [5, 5.41) is 10.0. The van der Waals surface area contributed by atoms with Crippen molar-refractivity contribution in [3.63, 3.8) is 0 Å². The third-order valence-electron chi connectivity index (χ3n) is 3.15. The number of aromatic nitrogens is 2. The van der Waals surface area contributed by atoms with Gasteiger partial charge in [0.1, 0.15) is 0 Å². The van der Waals surface area contributed by atoms with Crippen LogP contribution in [-0.2, 0) is 6.18 Å². The van der Waals surface area contributed by atoms with Gasteiger partial charge in [-0.25, -0.2) is 0 Å². The first-order valence-electron chi connectivity index (χ1n) is 6.35. The number of amides is 1. The molecule has 0 atom stereocenters. The highest BCUT2D eigenvalue weighted by molar-refractivity contribution is 6.05. The molecule has 1 heterocycles. The molecule has 1 amide bonds. The molecule has 0 saturated carbocycles. The molecule has 1 aromatic heterocycles. The average Bonchev–Trinajstić information content (AvgIpc) is 2.94. The molecule has 0 aliphatic rings. The summed E-state index contributed by atoms with van der Waals surface area (Å²) in [6.45, 7) is 0. The summed E-state index contributed by atoms with van der Waals surface area (Å²) < 4.78 is 38.0. The highest BCUT2D eigenvalue weighted by Crippen LogP contribution is 2.29. The molecule has 0 fully saturated rings. The molecule has 112 valence electrons. The van der Waals surface area contributed by atoms with Crippen LogP contribution in [0.5, 0.6) is 0 Å². The van der Waals surface area contributed by atoms with Gasteiger partial charge in [0.2, 0.25) is 0 Å². The molecular formula is C15H10F3N3O. The number of rotatable bonds is 2. The van der Waals surface area contributed by atoms with Crippen LogP contribution in [0.3, 0.4) is 0 Å². The first-order chi connectivity index (χ1) is 10.4. The minimum absolute atomic E-state index is 0.0560. The van der Waals surface area contributed by atoms with Crippen LogP contribution < -0.4 is 5.32 Å². The van der Waals surface area contributed by atoms with Crippen LogP contribution >= 0.6 is 0 Å². The largest absolute Gasteiger partial charge is 0.416 e. The number of fused-ring (bicyclic) bond motifs is 1. The lowest BCUT2D eigenvalue weighted by atomic mass is 10.1. The van der Waals surface area contributed by atoms with Gasteiger partial charge in [0.25, 0.3) is 5.91 Å². The second-order valence-corrected chi connectivity index (χ2v) is 4.70. The summed E-state index contributed by atoms with van der Waals surface area (Å²) >= 11 is 0. The zero-order valence-electron chi connectivity index (χ0n) is 11.1. The first kappa shape index (κ1) is 14.1. The molecule has 0 aliphatic heterocycles. The van der Waals surface area contributed by atoms with E-state index in [4.69, 9.17) is 0 Å². The number of nitrogens with zero attached hydrogens (tertiary/aromatic N) is 1. The predicted octanol–water partition coefficient (Wildman–Crippen LogP) is 3.83. The summed E-state index contributed by atoms with van der Waals surface area (Å²) in [4.78, 5) is 12.1. The monoisotopic (exact) mass is 305 g/mol. The first-order valence-corrected chi connectivity index (χ1v) is 6.35. The zero-order chi connectivity index (χ0) is 15.7. The Bertz CT molecular complexity index is 839. The molecule has 2 aromatic carbocycles. The number of benzene rings is 2. The van der Waals surface area contributed by atoms with Crippen LogP contribution in [0.15, 0.2) is 48.7 Å². The maximum absolute atomic E-state index is 12.7. The molecule has 4 nitrogen and oxygen atoms in total. The number of alkyl halides is 3. The molecular weight excluding hydrogens is 295 g/mol. The van der Waals surface area contributed by atoms with Gasteiger partial charge < -0.3 is 5.32 Å². The Hall–Kier alpha value is -2.83. The van der Waals surface area contributed by atoms with Gasteiger partial charge in [0.05, 0.1) is 17.3 Å². The van der Waals surface area contributed by atoms with E-state index in [1.54, 1.807) is 24.4 Å². The number of halogens is 3. The van der Waals surface area contributed by atoms with Gasteiger partial charge in [-0.15, -0.1) is 0 Å². The lowest BCUT2D eigenvalue weighted by molar-refractivity contribution is -0.137. The minimum atomic E-state index is -4.48. The molecule has 3 aromatic rings. The normalized spacial score (nSPS) is 11.6. The number of carbonyl (C=O) groups is 1. The molecule has 22 heavy (non-hydrogen) atoms. The van der Waals surface area contributed by atoms with Gasteiger partial charge in [-0.3, -0.25) is 9.89 Å². The van der Waals surface area contributed by atoms with Gasteiger partial charge in [-0.2, -0.15) is 18.3 Å². The summed E-state index contributed by atoms with van der Waals surface area (Å²) in [6.07, 6.45) is -2.85. The van der Waals surface area contributed by atoms with Crippen LogP contribution in [0.1, 0.15) is 15.9 Å². The smallest absolute Gasteiger partial charge is 0.322 e. The van der Waals surface area contributed by atoms with Gasteiger partial charge in [-0.05, 0) is 36.4 Å². The second-order valence-electron chi connectivity index (χ2n) is 4.70. The third kappa shape index (κ3) is 2.78. The van der Waals surface area contributed by atoms with Crippen molar-refractivity contribution >= 4 is 22.5 Å². The SMILES string of the molecule is O=C(Nc1ccc2cn[nH]c2c1)c1cccc(C(F)(F)F)c1. The number of aromatic amines is 1. The summed E-state index contributed by atoms with van der Waals surface area (Å²) in [5.41, 5.74) is 0.282. The van der Waals surface area contributed by atoms with Crippen molar-refractivity contribution in [2.75, 3.05) is 5.32 Å². The molecule has 7 heteroatoms. The number of carbonyl (C=O) groups excluding carboxylic acids is 1. The Kier molecular flexibility index (Phi) is 3.32. The number of hydrogen-bond donors (Lipinski definition) is 2. The Morgan fingerprint density at radius 1 is 1.14 bits per heavy atom. The summed E-state index contributed by atoms with van der Waals surface area (Å²) in [5.74, 6) is -0.607. The lowest BCUT2D eigenvalue weighted by Gasteiger charge is -2.09. The van der Waals surface area contributed by atoms with E-state index in [9.17, 15) is 18.0 Å². The molecule has 0 saturated heterocycles. The van der Waals surface area contributed by atoms with Crippen LogP contribution in [0.25, 0.3) is 10.9 Å². The van der Waals surface area contributed by atoms with Crippen molar-refractivity contribution in [2.24, 2.45) is 0 Å². The van der Waals surface area contributed by atoms with Crippen LogP contribution in [0.2, 0.25) is 0 Å². The van der Waals surface area contributed by atoms with Gasteiger partial charge in [0, 0.05) is 16.6 Å². The molecule has 2 N–H and O–H groups in total. The highest BCUT2D eigenvalue weighted by atomic mass is 19.4. The van der Waals surface area contributed by atoms with E-state index in [0.717, 1.165) is 23.0 Å². The van der Waals surface area contributed by atoms with E-state index in [1.807, 2.05) is 0 Å². The highest BCUT2D eigenvalue weighted by Gasteiger charge is 2.30. The molecule has 3 rings (SSSR count). The molecule has 0 radical (unpaired) electrons. The van der Waals surface area contributed by atoms with Gasteiger partial charge >= 0.3 is 6.18 Å². The maximum atomic E-state index is 12.7. The van der Waals surface area contributed by atoms with Crippen molar-refractivity contribution in [1.82, 2.24) is 10.2 Å². The number of nitrogens with one attached hydrogen (secondary N) is 2. The van der Waals surface area contributed by atoms with Crippen molar-refractivity contribution < 1.29 is 18.0 Å². The Morgan fingerprint density at radius 2 is 1.95 bits per heavy atom. The minimum Gasteiger partial charge on any atom is -0.322 e. The predicted molar refractivity (Wildman–Crippen MR) is 75.5 cm³/mol. The van der Waals surface area contributed by atoms with E-state index in [-0.39, 0.29) is 5.56 Å². The third-order valence-corrected chi connectivity index (χ3v) is 3.15. The second kappa shape index (κ2) is 5.18. The zero-order valence-corrected chi connectivity index (χ0v) is 11.1. The van der Waals surface area contributed by atoms with Crippen molar-refractivity contribution in [3.8, 4) is 0 Å². The fraction of sp³-hybridized carbons (Fsp3) is 0.0667. The van der Waals surface area contributed by atoms with E-state index in [0.29, 0.717) is 5.69 Å². The van der Waals surface area contributed by atoms with Crippen molar-refractivity contribution in [1.29, 1.82) is 0 Å². The van der Waals surface area contributed by atoms with Crippen LogP contribution in [0, 0.1) is 0 Å². The van der Waals surface area contributed by atoms with E-state index in [2.05, 4.69) is 15.5 Å². The summed E-state index contributed by atoms with van der Waals surface area (Å²) in [7, 11) is 0. The molecule has 0 bridgehead atoms. The van der Waals surface area contributed by atoms with E-state index < -0.39 is 17.6 Å². The standard InChI is InChI=1S/C15H10F3N3O/c16-15(17,18)11-3-1-2-9(6-11)14(22)20-12-5-4-10-8-19-21-13(10)7-12/h1-8H,(H,19,21)(H,20,22). The van der Waals surface area contributed by atoms with Crippen LogP contribution in [0.4, 0.5) is 18.9 Å². The topological polar surface area (TPSA) is 57.8 Å². The van der Waals surface area contributed by atoms with E-state index >= 15 is 0 Å². The Labute approximate surface area is 123 Å². The van der Waals surface area contributed by atoms with Gasteiger partial charge in [-0.1, -0.05) is 6.07 Å². The molecule has 0 unspecified atom stereocenters. The maximum Gasteiger partial charge on any atom is 0.416 e. The van der Waals surface area contributed by atoms with Gasteiger partial charge in [0.15, 0.2) is 0 Å². The van der Waals surface area contributed by atoms with Crippen LogP contribution in [-0.4, -0.2) is 16.1 Å². The quantitative estimate of drug-likeness (QED) is 0.756. The Morgan fingerprint density at radius 3 is 2.73 bits per heavy atom. The lowest BCUT2D eigenvalue weighted by Crippen LogP contribution is -2.13. The van der Waals surface area contributed by atoms with E-state index in [1.165, 1.54) is 12.1 Å². The fourth-order valence-electron chi connectivity index (χ4n) is 2.05. The number of anilines is 1. The fourth-order valence-corrected chi connectivity index (χ4v) is 2.05. The van der Waals surface area contributed by atoms with Crippen molar-refractivity contribution in [2.45, 2.75) is 6.18 Å². The van der Waals surface area contributed by atoms with Crippen molar-refractivity contribution in [3.05, 3.63) is 59.8 Å². The summed E-state index contributed by atoms with van der Waals surface area (Å²) in [6, 6.07) is 9.35. The Balaban J connectivity index is 1.85. The number of hydrogen-bond acceptors (Lipinski definition) is 2. The average molecular weight is 305 g/mol. The molecule has 0 aliphatic carbocycles. The molecule has 0 spiro atoms. The number of H-pyrrole nitrogens is 1.